The Hall–Kier alpha value is -4.86. The van der Waals surface area contributed by atoms with Crippen LogP contribution in [0.2, 0.25) is 0 Å². The number of oxime groups is 1. The number of nitrogens with zero attached hydrogens (tertiary/aromatic N) is 2. The van der Waals surface area contributed by atoms with Gasteiger partial charge in [0.1, 0.15) is 35.5 Å². The first kappa shape index (κ1) is 37.5. The van der Waals surface area contributed by atoms with Crippen LogP contribution in [0.25, 0.3) is 17.2 Å². The summed E-state index contributed by atoms with van der Waals surface area (Å²) in [5.41, 5.74) is 1.82. The average Bonchev–Trinajstić information content (AvgIpc) is 4.02. The van der Waals surface area contributed by atoms with Crippen molar-refractivity contribution in [3.63, 3.8) is 0 Å². The molecular formula is C38H43F2N5O8S. The fraction of sp³-hybridized carbons (Fsp3) is 0.500. The summed E-state index contributed by atoms with van der Waals surface area (Å²) in [7, 11) is -4.12. The molecule has 2 aromatic carbocycles. The van der Waals surface area contributed by atoms with Crippen LogP contribution in [0.1, 0.15) is 76.5 Å². The van der Waals surface area contributed by atoms with E-state index in [0.717, 1.165) is 27.8 Å². The third kappa shape index (κ3) is 7.19. The summed E-state index contributed by atoms with van der Waals surface area (Å²) in [6.45, 7) is 6.70. The molecule has 0 spiro atoms. The number of carbonyl (C=O) groups is 4. The van der Waals surface area contributed by atoms with Crippen LogP contribution >= 0.6 is 0 Å². The molecule has 3 fully saturated rings. The number of hydrogen-bond donors (Lipinski definition) is 3. The number of nitrogens with one attached hydrogen (secondary N) is 3. The van der Waals surface area contributed by atoms with Crippen LogP contribution in [0.4, 0.5) is 13.6 Å². The van der Waals surface area contributed by atoms with Crippen molar-refractivity contribution < 1.29 is 46.0 Å². The molecular weight excluding hydrogens is 725 g/mol. The summed E-state index contributed by atoms with van der Waals surface area (Å²) in [4.78, 5) is 62.4. The molecule has 2 aromatic rings. The minimum atomic E-state index is -4.12. The van der Waals surface area contributed by atoms with Gasteiger partial charge in [-0.1, -0.05) is 74.5 Å². The number of benzene rings is 2. The monoisotopic (exact) mass is 767 g/mol. The van der Waals surface area contributed by atoms with E-state index >= 15 is 0 Å². The number of alkyl carbamates (subject to hydrolysis) is 1. The minimum absolute atomic E-state index is 0.151. The predicted molar refractivity (Wildman–Crippen MR) is 194 cm³/mol. The maximum atomic E-state index is 14.4. The molecule has 4 amide bonds. The molecule has 2 heterocycles. The Bertz CT molecular complexity index is 2060. The highest BCUT2D eigenvalue weighted by atomic mass is 32.2. The van der Waals surface area contributed by atoms with E-state index in [4.69, 9.17) is 9.57 Å². The number of carbonyl (C=O) groups excluding carboxylic acids is 4. The van der Waals surface area contributed by atoms with E-state index in [0.29, 0.717) is 25.0 Å². The van der Waals surface area contributed by atoms with Gasteiger partial charge < -0.3 is 25.1 Å². The van der Waals surface area contributed by atoms with Gasteiger partial charge >= 0.3 is 6.09 Å². The Morgan fingerprint density at radius 1 is 1.06 bits per heavy atom. The SMILES string of the molecule is C[C@@H]1C/C=C/c2ccc3c(c2)/C(=N/O[C@@H]2C[C@@H](C(=O)N[C@@]4(C(=O)NS(=O)(=O)C5CC5)C[C@H]4C(F)F)N(C2)C(=O)[C@H](C(C)(C)C)NC(=O)O1)c1ccccc1-3. The average molecular weight is 768 g/mol. The van der Waals surface area contributed by atoms with Crippen LogP contribution in [0, 0.1) is 11.3 Å². The molecule has 3 aliphatic carbocycles. The third-order valence-corrected chi connectivity index (χ3v) is 12.5. The van der Waals surface area contributed by atoms with E-state index in [1.807, 2.05) is 59.3 Å². The maximum Gasteiger partial charge on any atom is 0.408 e. The van der Waals surface area contributed by atoms with E-state index in [1.54, 1.807) is 27.7 Å². The number of sulfonamides is 1. The lowest BCUT2D eigenvalue weighted by molar-refractivity contribution is -0.143. The predicted octanol–water partition coefficient (Wildman–Crippen LogP) is 4.10. The van der Waals surface area contributed by atoms with Crippen molar-refractivity contribution >= 4 is 45.6 Å². The number of hydrogen-bond acceptors (Lipinski definition) is 9. The van der Waals surface area contributed by atoms with Crippen molar-refractivity contribution in [3.8, 4) is 11.1 Å². The first-order valence-corrected chi connectivity index (χ1v) is 19.6. The molecule has 0 unspecified atom stereocenters. The topological polar surface area (TPSA) is 173 Å². The van der Waals surface area contributed by atoms with Crippen molar-refractivity contribution in [3.05, 3.63) is 65.2 Å². The zero-order chi connectivity index (χ0) is 38.7. The first-order chi connectivity index (χ1) is 25.5. The lowest BCUT2D eigenvalue weighted by Gasteiger charge is -2.35. The molecule has 13 nitrogen and oxygen atoms in total. The molecule has 3 N–H and O–H groups in total. The normalized spacial score (nSPS) is 29.7. The zero-order valence-electron chi connectivity index (χ0n) is 30.3. The zero-order valence-corrected chi connectivity index (χ0v) is 31.1. The Labute approximate surface area is 311 Å². The largest absolute Gasteiger partial charge is 0.446 e. The van der Waals surface area contributed by atoms with E-state index in [2.05, 4.69) is 15.8 Å². The maximum absolute atomic E-state index is 14.4. The lowest BCUT2D eigenvalue weighted by atomic mass is 9.85. The summed E-state index contributed by atoms with van der Waals surface area (Å²) in [6.07, 6.45) is -1.17. The molecule has 6 atom stereocenters. The first-order valence-electron chi connectivity index (χ1n) is 18.1. The smallest absolute Gasteiger partial charge is 0.408 e. The van der Waals surface area contributed by atoms with E-state index in [9.17, 15) is 36.4 Å². The molecule has 1 saturated heterocycles. The second-order valence-electron chi connectivity index (χ2n) is 15.8. The molecule has 16 heteroatoms. The van der Waals surface area contributed by atoms with Crippen molar-refractivity contribution in [2.75, 3.05) is 6.54 Å². The molecule has 5 aliphatic rings. The quantitative estimate of drug-likeness (QED) is 0.337. The number of alkyl halides is 2. The third-order valence-electron chi connectivity index (χ3n) is 10.6. The van der Waals surface area contributed by atoms with Crippen molar-refractivity contribution in [2.24, 2.45) is 16.5 Å². The van der Waals surface area contributed by atoms with Crippen LogP contribution in [-0.2, 0) is 34.0 Å². The second-order valence-corrected chi connectivity index (χ2v) is 17.8. The molecule has 54 heavy (non-hydrogen) atoms. The van der Waals surface area contributed by atoms with Crippen molar-refractivity contribution in [1.82, 2.24) is 20.3 Å². The molecule has 288 valence electrons. The summed E-state index contributed by atoms with van der Waals surface area (Å²) in [5, 5.41) is 8.85. The highest BCUT2D eigenvalue weighted by molar-refractivity contribution is 7.91. The van der Waals surface area contributed by atoms with E-state index < -0.39 is 93.1 Å². The molecule has 7 rings (SSSR count). The van der Waals surface area contributed by atoms with Crippen LogP contribution in [0.3, 0.4) is 0 Å². The van der Waals surface area contributed by atoms with Gasteiger partial charge in [-0.3, -0.25) is 19.1 Å². The van der Waals surface area contributed by atoms with Gasteiger partial charge in [0, 0.05) is 24.0 Å². The summed E-state index contributed by atoms with van der Waals surface area (Å²) >= 11 is 0. The highest BCUT2D eigenvalue weighted by Crippen LogP contribution is 2.48. The Kier molecular flexibility index (Phi) is 9.55. The molecule has 4 bridgehead atoms. The standard InChI is InChI=1S/C38H43F2N5O8S/c1-20-8-7-9-21-12-15-25-24-10-5-6-11-26(24)30(27(25)16-21)43-53-22-17-29(45(19-22)34(47)31(37(2,3)4)41-36(49)52-20)33(46)42-38(18-28(38)32(39)40)35(48)44-54(50,51)23-13-14-23/h5-7,9-12,15-16,20,22-23,28-29,31-32H,8,13-14,17-19H2,1-4H3,(H,41,49)(H,42,46)(H,44,48)/b9-7+,43-30+/t20-,22-,28+,29+,31-,38+/m1/s1. The molecule has 0 aromatic heterocycles. The summed E-state index contributed by atoms with van der Waals surface area (Å²) in [6, 6.07) is 11.0. The number of rotatable bonds is 6. The minimum Gasteiger partial charge on any atom is -0.446 e. The summed E-state index contributed by atoms with van der Waals surface area (Å²) < 4.78 is 60.9. The van der Waals surface area contributed by atoms with Gasteiger partial charge in [-0.25, -0.2) is 22.0 Å². The van der Waals surface area contributed by atoms with Gasteiger partial charge in [-0.15, -0.1) is 0 Å². The highest BCUT2D eigenvalue weighted by Gasteiger charge is 2.67. The molecule has 0 radical (unpaired) electrons. The fourth-order valence-corrected chi connectivity index (χ4v) is 8.75. The van der Waals surface area contributed by atoms with Crippen LogP contribution < -0.4 is 15.4 Å². The molecule has 2 saturated carbocycles. The van der Waals surface area contributed by atoms with Gasteiger partial charge in [-0.2, -0.15) is 0 Å². The van der Waals surface area contributed by atoms with Crippen LogP contribution in [0.15, 0.2) is 53.7 Å². The number of amides is 4. The Balaban J connectivity index is 1.24. The van der Waals surface area contributed by atoms with E-state index in [1.165, 1.54) is 4.90 Å². The van der Waals surface area contributed by atoms with Gasteiger partial charge in [0.2, 0.25) is 28.3 Å². The van der Waals surface area contributed by atoms with Gasteiger partial charge in [0.25, 0.3) is 5.91 Å². The second kappa shape index (κ2) is 13.8. The van der Waals surface area contributed by atoms with Crippen LogP contribution in [-0.4, -0.2) is 90.9 Å². The van der Waals surface area contributed by atoms with Gasteiger partial charge in [0.05, 0.1) is 17.7 Å². The molecule has 2 aliphatic heterocycles. The van der Waals surface area contributed by atoms with E-state index in [-0.39, 0.29) is 13.0 Å². The summed E-state index contributed by atoms with van der Waals surface area (Å²) in [5.74, 6) is -4.53. The number of fused-ring (bicyclic) bond motifs is 6. The fourth-order valence-electron chi connectivity index (χ4n) is 7.39. The Morgan fingerprint density at radius 3 is 2.43 bits per heavy atom. The number of cyclic esters (lactones) is 1. The number of halogens is 2. The van der Waals surface area contributed by atoms with Gasteiger partial charge in [-0.05, 0) is 54.4 Å². The lowest BCUT2D eigenvalue weighted by Crippen LogP contribution is -2.60. The van der Waals surface area contributed by atoms with Gasteiger partial charge in [0.15, 0.2) is 0 Å². The van der Waals surface area contributed by atoms with Crippen LogP contribution in [0.5, 0.6) is 0 Å². The Morgan fingerprint density at radius 2 is 1.76 bits per heavy atom. The number of ether oxygens (including phenoxy) is 1. The van der Waals surface area contributed by atoms with Crippen molar-refractivity contribution in [1.29, 1.82) is 0 Å². The van der Waals surface area contributed by atoms with Crippen molar-refractivity contribution in [2.45, 2.75) is 101 Å².